The van der Waals surface area contributed by atoms with Gasteiger partial charge in [0.25, 0.3) is 0 Å². The molecule has 0 saturated heterocycles. The number of aromatic nitrogens is 4. The molecular formula is C21H19ClN4OS2. The van der Waals surface area contributed by atoms with Crippen molar-refractivity contribution >= 4 is 34.7 Å². The number of thiazole rings is 1. The second-order valence-electron chi connectivity index (χ2n) is 6.46. The van der Waals surface area contributed by atoms with Crippen LogP contribution in [0.15, 0.2) is 59.1 Å². The third-order valence-electron chi connectivity index (χ3n) is 4.21. The highest BCUT2D eigenvalue weighted by atomic mass is 35.5. The zero-order valence-electron chi connectivity index (χ0n) is 16.0. The molecule has 0 aliphatic carbocycles. The number of nitrogens with zero attached hydrogens (tertiary/aromatic N) is 4. The molecule has 0 spiro atoms. The quantitative estimate of drug-likeness (QED) is 0.335. The standard InChI is InChI=1S/C21H19ClN4OS2/c1-14-3-7-18(8-4-14)26-15(2)24-25-21(26)29-13-17-12-28-20(23-17)11-27-19-9-5-16(22)6-10-19/h3-10,12H,11,13H2,1-2H3. The van der Waals surface area contributed by atoms with Crippen molar-refractivity contribution in [2.24, 2.45) is 0 Å². The van der Waals surface area contributed by atoms with Crippen LogP contribution in [0.4, 0.5) is 0 Å². The Morgan fingerprint density at radius 2 is 1.79 bits per heavy atom. The Kier molecular flexibility index (Phi) is 6.18. The van der Waals surface area contributed by atoms with Crippen LogP contribution < -0.4 is 4.74 Å². The van der Waals surface area contributed by atoms with Gasteiger partial charge < -0.3 is 4.74 Å². The van der Waals surface area contributed by atoms with Gasteiger partial charge in [0.2, 0.25) is 0 Å². The Morgan fingerprint density at radius 1 is 1.03 bits per heavy atom. The third kappa shape index (κ3) is 4.98. The summed E-state index contributed by atoms with van der Waals surface area (Å²) in [6, 6.07) is 15.7. The molecule has 4 rings (SSSR count). The molecule has 4 aromatic rings. The van der Waals surface area contributed by atoms with Crippen molar-refractivity contribution in [1.82, 2.24) is 19.7 Å². The Balaban J connectivity index is 1.39. The number of hydrogen-bond donors (Lipinski definition) is 0. The molecule has 2 aromatic carbocycles. The predicted octanol–water partition coefficient (Wildman–Crippen LogP) is 5.87. The number of hydrogen-bond acceptors (Lipinski definition) is 6. The van der Waals surface area contributed by atoms with Crippen LogP contribution in [0.1, 0.15) is 22.1 Å². The van der Waals surface area contributed by atoms with Gasteiger partial charge >= 0.3 is 0 Å². The van der Waals surface area contributed by atoms with Crippen molar-refractivity contribution in [3.63, 3.8) is 0 Å². The molecule has 0 fully saturated rings. The second kappa shape index (κ2) is 8.98. The summed E-state index contributed by atoms with van der Waals surface area (Å²) in [6.07, 6.45) is 0. The van der Waals surface area contributed by atoms with Crippen molar-refractivity contribution in [1.29, 1.82) is 0 Å². The van der Waals surface area contributed by atoms with Crippen LogP contribution in [-0.4, -0.2) is 19.7 Å². The summed E-state index contributed by atoms with van der Waals surface area (Å²) in [6.45, 7) is 4.48. The molecule has 0 bridgehead atoms. The van der Waals surface area contributed by atoms with E-state index in [4.69, 9.17) is 16.3 Å². The van der Waals surface area contributed by atoms with Crippen LogP contribution in [0.3, 0.4) is 0 Å². The number of benzene rings is 2. The molecule has 0 atom stereocenters. The molecule has 0 unspecified atom stereocenters. The van der Waals surface area contributed by atoms with Gasteiger partial charge in [0.1, 0.15) is 23.2 Å². The monoisotopic (exact) mass is 442 g/mol. The highest BCUT2D eigenvalue weighted by Crippen LogP contribution is 2.26. The van der Waals surface area contributed by atoms with Crippen molar-refractivity contribution in [3.05, 3.63) is 81.0 Å². The molecule has 0 amide bonds. The van der Waals surface area contributed by atoms with E-state index in [1.807, 2.05) is 31.2 Å². The zero-order valence-corrected chi connectivity index (χ0v) is 18.4. The van der Waals surface area contributed by atoms with Gasteiger partial charge in [0.15, 0.2) is 5.16 Å². The number of aryl methyl sites for hydroxylation is 2. The van der Waals surface area contributed by atoms with Gasteiger partial charge in [-0.05, 0) is 50.2 Å². The van der Waals surface area contributed by atoms with Crippen molar-refractivity contribution in [2.75, 3.05) is 0 Å². The molecule has 29 heavy (non-hydrogen) atoms. The van der Waals surface area contributed by atoms with E-state index in [0.717, 1.165) is 38.9 Å². The first-order valence-electron chi connectivity index (χ1n) is 9.02. The molecule has 148 valence electrons. The fourth-order valence-electron chi connectivity index (χ4n) is 2.72. The number of rotatable bonds is 7. The smallest absolute Gasteiger partial charge is 0.196 e. The number of halogens is 1. The SMILES string of the molecule is Cc1ccc(-n2c(C)nnc2SCc2csc(COc3ccc(Cl)cc3)n2)cc1. The van der Waals surface area contributed by atoms with Crippen LogP contribution in [-0.2, 0) is 12.4 Å². The van der Waals surface area contributed by atoms with E-state index < -0.39 is 0 Å². The van der Waals surface area contributed by atoms with Gasteiger partial charge in [-0.1, -0.05) is 41.1 Å². The summed E-state index contributed by atoms with van der Waals surface area (Å²) < 4.78 is 7.84. The summed E-state index contributed by atoms with van der Waals surface area (Å²) >= 11 is 9.12. The van der Waals surface area contributed by atoms with Crippen LogP contribution in [0, 0.1) is 13.8 Å². The fraction of sp³-hybridized carbons (Fsp3) is 0.190. The lowest BCUT2D eigenvalue weighted by Gasteiger charge is -2.08. The van der Waals surface area contributed by atoms with Gasteiger partial charge in [0, 0.05) is 21.8 Å². The maximum absolute atomic E-state index is 5.90. The lowest BCUT2D eigenvalue weighted by Crippen LogP contribution is -1.99. The van der Waals surface area contributed by atoms with Crippen molar-refractivity contribution < 1.29 is 4.74 Å². The third-order valence-corrected chi connectivity index (χ3v) is 6.30. The molecule has 2 heterocycles. The largest absolute Gasteiger partial charge is 0.486 e. The second-order valence-corrected chi connectivity index (χ2v) is 8.79. The maximum atomic E-state index is 5.90. The average Bonchev–Trinajstić information content (AvgIpc) is 3.33. The molecule has 0 saturated carbocycles. The average molecular weight is 443 g/mol. The first kappa shape index (κ1) is 19.9. The van der Waals surface area contributed by atoms with E-state index in [1.165, 1.54) is 5.56 Å². The van der Waals surface area contributed by atoms with Gasteiger partial charge in [-0.25, -0.2) is 4.98 Å². The molecule has 0 aliphatic heterocycles. The summed E-state index contributed by atoms with van der Waals surface area (Å²) in [5.41, 5.74) is 3.30. The lowest BCUT2D eigenvalue weighted by atomic mass is 10.2. The molecular weight excluding hydrogens is 424 g/mol. The maximum Gasteiger partial charge on any atom is 0.196 e. The molecule has 2 aromatic heterocycles. The van der Waals surface area contributed by atoms with Crippen LogP contribution in [0.2, 0.25) is 5.02 Å². The Bertz CT molecular complexity index is 1090. The van der Waals surface area contributed by atoms with E-state index in [9.17, 15) is 0 Å². The first-order valence-corrected chi connectivity index (χ1v) is 11.3. The summed E-state index contributed by atoms with van der Waals surface area (Å²) in [5, 5.41) is 13.1. The van der Waals surface area contributed by atoms with E-state index in [1.54, 1.807) is 23.1 Å². The van der Waals surface area contributed by atoms with Gasteiger partial charge in [-0.15, -0.1) is 21.5 Å². The Morgan fingerprint density at radius 3 is 2.55 bits per heavy atom. The molecule has 0 aliphatic rings. The van der Waals surface area contributed by atoms with E-state index in [0.29, 0.717) is 11.6 Å². The minimum Gasteiger partial charge on any atom is -0.486 e. The molecule has 8 heteroatoms. The lowest BCUT2D eigenvalue weighted by molar-refractivity contribution is 0.305. The minimum absolute atomic E-state index is 0.440. The van der Waals surface area contributed by atoms with Crippen LogP contribution >= 0.6 is 34.7 Å². The van der Waals surface area contributed by atoms with E-state index in [2.05, 4.69) is 56.3 Å². The minimum atomic E-state index is 0.440. The topological polar surface area (TPSA) is 52.8 Å². The normalized spacial score (nSPS) is 11.0. The summed E-state index contributed by atoms with van der Waals surface area (Å²) in [7, 11) is 0. The van der Waals surface area contributed by atoms with Gasteiger partial charge in [0.05, 0.1) is 5.69 Å². The first-order chi connectivity index (χ1) is 14.1. The molecule has 0 radical (unpaired) electrons. The number of thioether (sulfide) groups is 1. The van der Waals surface area contributed by atoms with E-state index >= 15 is 0 Å². The van der Waals surface area contributed by atoms with Crippen molar-refractivity contribution in [2.45, 2.75) is 31.4 Å². The molecule has 0 N–H and O–H groups in total. The summed E-state index contributed by atoms with van der Waals surface area (Å²) in [5.74, 6) is 2.37. The highest BCUT2D eigenvalue weighted by Gasteiger charge is 2.13. The fourth-order valence-corrected chi connectivity index (χ4v) is 4.55. The van der Waals surface area contributed by atoms with Gasteiger partial charge in [-0.2, -0.15) is 0 Å². The highest BCUT2D eigenvalue weighted by molar-refractivity contribution is 7.98. The van der Waals surface area contributed by atoms with Crippen LogP contribution in [0.25, 0.3) is 5.69 Å². The predicted molar refractivity (Wildman–Crippen MR) is 118 cm³/mol. The number of ether oxygens (including phenoxy) is 1. The zero-order chi connectivity index (χ0) is 20.2. The summed E-state index contributed by atoms with van der Waals surface area (Å²) in [4.78, 5) is 4.67. The Hall–Kier alpha value is -2.35. The van der Waals surface area contributed by atoms with Crippen LogP contribution in [0.5, 0.6) is 5.75 Å². The van der Waals surface area contributed by atoms with Gasteiger partial charge in [-0.3, -0.25) is 4.57 Å². The van der Waals surface area contributed by atoms with E-state index in [-0.39, 0.29) is 0 Å². The Labute approximate surface area is 182 Å². The van der Waals surface area contributed by atoms with Crippen molar-refractivity contribution in [3.8, 4) is 11.4 Å². The molecule has 5 nitrogen and oxygen atoms in total.